The number of rotatable bonds is 6. The Hall–Kier alpha value is -1.46. The Morgan fingerprint density at radius 2 is 2.06 bits per heavy atom. The van der Waals surface area contributed by atoms with Gasteiger partial charge >= 0.3 is 0 Å². The van der Waals surface area contributed by atoms with Gasteiger partial charge < -0.3 is 11.5 Å². The molecule has 100 valence electrons. The number of amides is 1. The zero-order valence-corrected chi connectivity index (χ0v) is 10.8. The van der Waals surface area contributed by atoms with E-state index in [9.17, 15) is 9.18 Å². The molecule has 0 spiro atoms. The molecule has 2 unspecified atom stereocenters. The van der Waals surface area contributed by atoms with E-state index in [1.165, 1.54) is 6.07 Å². The number of primary amides is 1. The Bertz CT molecular complexity index is 409. The summed E-state index contributed by atoms with van der Waals surface area (Å²) in [5.41, 5.74) is 11.6. The highest BCUT2D eigenvalue weighted by molar-refractivity contribution is 5.76. The number of benzene rings is 1. The summed E-state index contributed by atoms with van der Waals surface area (Å²) in [6.45, 7) is 4.32. The Morgan fingerprint density at radius 1 is 1.44 bits per heavy atom. The predicted molar refractivity (Wildman–Crippen MR) is 69.2 cm³/mol. The summed E-state index contributed by atoms with van der Waals surface area (Å²) in [5, 5.41) is 0. The monoisotopic (exact) mass is 253 g/mol. The van der Waals surface area contributed by atoms with Gasteiger partial charge in [-0.25, -0.2) is 4.39 Å². The number of nitrogens with zero attached hydrogens (tertiary/aromatic N) is 1. The van der Waals surface area contributed by atoms with E-state index < -0.39 is 5.91 Å². The fraction of sp³-hybridized carbons (Fsp3) is 0.462. The van der Waals surface area contributed by atoms with Crippen molar-refractivity contribution in [2.75, 3.05) is 13.1 Å². The number of carbonyl (C=O) groups excluding carboxylic acids is 1. The highest BCUT2D eigenvalue weighted by atomic mass is 19.1. The van der Waals surface area contributed by atoms with Crippen LogP contribution in [-0.2, 0) is 4.79 Å². The van der Waals surface area contributed by atoms with Gasteiger partial charge in [0, 0.05) is 11.6 Å². The summed E-state index contributed by atoms with van der Waals surface area (Å²) in [6.07, 6.45) is 0. The average Bonchev–Trinajstić information content (AvgIpc) is 2.29. The van der Waals surface area contributed by atoms with Crippen molar-refractivity contribution in [1.29, 1.82) is 0 Å². The lowest BCUT2D eigenvalue weighted by atomic mass is 9.98. The molecule has 4 N–H and O–H groups in total. The molecule has 1 rings (SSSR count). The maximum Gasteiger partial charge on any atom is 0.231 e. The first-order valence-corrected chi connectivity index (χ1v) is 5.99. The van der Waals surface area contributed by atoms with E-state index in [0.29, 0.717) is 12.1 Å². The van der Waals surface area contributed by atoms with Crippen LogP contribution in [0.25, 0.3) is 0 Å². The molecular formula is C13H20FN3O. The fourth-order valence-corrected chi connectivity index (χ4v) is 2.13. The van der Waals surface area contributed by atoms with Crippen molar-refractivity contribution < 1.29 is 9.18 Å². The number of likely N-dealkylation sites (N-methyl/N-ethyl adjacent to an activating group) is 1. The van der Waals surface area contributed by atoms with Crippen molar-refractivity contribution in [3.8, 4) is 0 Å². The van der Waals surface area contributed by atoms with Gasteiger partial charge in [0.05, 0.1) is 12.6 Å². The van der Waals surface area contributed by atoms with Crippen LogP contribution in [-0.4, -0.2) is 29.9 Å². The number of carbonyl (C=O) groups is 1. The van der Waals surface area contributed by atoms with Gasteiger partial charge in [-0.15, -0.1) is 0 Å². The van der Waals surface area contributed by atoms with Crippen molar-refractivity contribution in [3.63, 3.8) is 0 Å². The molecule has 1 amide bonds. The van der Waals surface area contributed by atoms with Crippen molar-refractivity contribution in [1.82, 2.24) is 4.90 Å². The second-order valence-electron chi connectivity index (χ2n) is 4.35. The van der Waals surface area contributed by atoms with E-state index in [-0.39, 0.29) is 24.4 Å². The number of halogens is 1. The molecule has 5 heteroatoms. The van der Waals surface area contributed by atoms with Crippen LogP contribution in [0.1, 0.15) is 25.5 Å². The molecule has 0 aliphatic carbocycles. The molecule has 1 aromatic carbocycles. The third kappa shape index (κ3) is 3.51. The van der Waals surface area contributed by atoms with Crippen LogP contribution in [0.4, 0.5) is 4.39 Å². The SMILES string of the molecule is CCN(CC(N)=O)C(c1ccccc1F)C(C)N. The zero-order valence-electron chi connectivity index (χ0n) is 10.8. The van der Waals surface area contributed by atoms with Gasteiger partial charge in [0.25, 0.3) is 0 Å². The minimum absolute atomic E-state index is 0.0665. The number of hydrogen-bond acceptors (Lipinski definition) is 3. The van der Waals surface area contributed by atoms with Crippen molar-refractivity contribution >= 4 is 5.91 Å². The number of hydrogen-bond donors (Lipinski definition) is 2. The highest BCUT2D eigenvalue weighted by Crippen LogP contribution is 2.25. The van der Waals surface area contributed by atoms with E-state index in [1.807, 2.05) is 6.92 Å². The van der Waals surface area contributed by atoms with Gasteiger partial charge in [-0.2, -0.15) is 0 Å². The normalized spacial score (nSPS) is 14.5. The molecule has 0 saturated carbocycles. The number of nitrogens with two attached hydrogens (primary N) is 2. The van der Waals surface area contributed by atoms with Crippen LogP contribution < -0.4 is 11.5 Å². The minimum Gasteiger partial charge on any atom is -0.369 e. The Labute approximate surface area is 107 Å². The average molecular weight is 253 g/mol. The molecule has 4 nitrogen and oxygen atoms in total. The third-order valence-electron chi connectivity index (χ3n) is 2.88. The Kier molecular flexibility index (Phi) is 5.25. The molecular weight excluding hydrogens is 233 g/mol. The summed E-state index contributed by atoms with van der Waals surface area (Å²) in [5.74, 6) is -0.762. The largest absolute Gasteiger partial charge is 0.369 e. The summed E-state index contributed by atoms with van der Waals surface area (Å²) in [4.78, 5) is 12.8. The molecule has 0 saturated heterocycles. The molecule has 0 heterocycles. The molecule has 0 aliphatic heterocycles. The summed E-state index contributed by atoms with van der Waals surface area (Å²) in [7, 11) is 0. The fourth-order valence-electron chi connectivity index (χ4n) is 2.13. The Balaban J connectivity index is 3.08. The highest BCUT2D eigenvalue weighted by Gasteiger charge is 2.26. The van der Waals surface area contributed by atoms with Gasteiger partial charge in [-0.3, -0.25) is 9.69 Å². The molecule has 0 aromatic heterocycles. The third-order valence-corrected chi connectivity index (χ3v) is 2.88. The van der Waals surface area contributed by atoms with Crippen LogP contribution in [0, 0.1) is 5.82 Å². The predicted octanol–water partition coefficient (Wildman–Crippen LogP) is 1.02. The zero-order chi connectivity index (χ0) is 13.7. The summed E-state index contributed by atoms with van der Waals surface area (Å²) in [6, 6.07) is 5.80. The second-order valence-corrected chi connectivity index (χ2v) is 4.35. The van der Waals surface area contributed by atoms with Crippen LogP contribution in [0.3, 0.4) is 0 Å². The van der Waals surface area contributed by atoms with E-state index in [1.54, 1.807) is 30.0 Å². The maximum absolute atomic E-state index is 13.8. The lowest BCUT2D eigenvalue weighted by Gasteiger charge is -2.33. The first-order chi connectivity index (χ1) is 8.47. The van der Waals surface area contributed by atoms with E-state index >= 15 is 0 Å². The van der Waals surface area contributed by atoms with Crippen LogP contribution >= 0.6 is 0 Å². The van der Waals surface area contributed by atoms with E-state index in [0.717, 1.165) is 0 Å². The van der Waals surface area contributed by atoms with Gasteiger partial charge in [-0.05, 0) is 19.5 Å². The minimum atomic E-state index is -0.446. The first kappa shape index (κ1) is 14.6. The van der Waals surface area contributed by atoms with E-state index in [2.05, 4.69) is 0 Å². The lowest BCUT2D eigenvalue weighted by Crippen LogP contribution is -2.43. The molecule has 0 fully saturated rings. The van der Waals surface area contributed by atoms with Crippen molar-refractivity contribution in [2.45, 2.75) is 25.9 Å². The topological polar surface area (TPSA) is 72.3 Å². The quantitative estimate of drug-likeness (QED) is 0.795. The van der Waals surface area contributed by atoms with Crippen molar-refractivity contribution in [3.05, 3.63) is 35.6 Å². The molecule has 0 radical (unpaired) electrons. The van der Waals surface area contributed by atoms with Gasteiger partial charge in [0.15, 0.2) is 0 Å². The first-order valence-electron chi connectivity index (χ1n) is 5.99. The summed E-state index contributed by atoms with van der Waals surface area (Å²) >= 11 is 0. The molecule has 18 heavy (non-hydrogen) atoms. The van der Waals surface area contributed by atoms with Crippen LogP contribution in [0.5, 0.6) is 0 Å². The van der Waals surface area contributed by atoms with Crippen LogP contribution in [0.2, 0.25) is 0 Å². The molecule has 0 bridgehead atoms. The van der Waals surface area contributed by atoms with Crippen LogP contribution in [0.15, 0.2) is 24.3 Å². The molecule has 0 aliphatic rings. The van der Waals surface area contributed by atoms with E-state index in [4.69, 9.17) is 11.5 Å². The second kappa shape index (κ2) is 6.47. The lowest BCUT2D eigenvalue weighted by molar-refractivity contribution is -0.119. The molecule has 1 aromatic rings. The Morgan fingerprint density at radius 3 is 2.50 bits per heavy atom. The maximum atomic E-state index is 13.8. The smallest absolute Gasteiger partial charge is 0.231 e. The molecule has 2 atom stereocenters. The van der Waals surface area contributed by atoms with Gasteiger partial charge in [-0.1, -0.05) is 25.1 Å². The van der Waals surface area contributed by atoms with Crippen molar-refractivity contribution in [2.24, 2.45) is 11.5 Å². The summed E-state index contributed by atoms with van der Waals surface area (Å²) < 4.78 is 13.8. The van der Waals surface area contributed by atoms with Gasteiger partial charge in [0.2, 0.25) is 5.91 Å². The standard InChI is InChI=1S/C13H20FN3O/c1-3-17(8-12(16)18)13(9(2)15)10-6-4-5-7-11(10)14/h4-7,9,13H,3,8,15H2,1-2H3,(H2,16,18). The van der Waals surface area contributed by atoms with Gasteiger partial charge in [0.1, 0.15) is 5.82 Å².